The second-order valence-corrected chi connectivity index (χ2v) is 5.59. The molecule has 0 bridgehead atoms. The minimum absolute atomic E-state index is 0.188. The number of carbonyl (C=O) groups is 2. The van der Waals surface area contributed by atoms with E-state index >= 15 is 0 Å². The largest absolute Gasteiger partial charge is 0.352 e. The highest BCUT2D eigenvalue weighted by atomic mass is 16.2. The number of primary amides is 1. The van der Waals surface area contributed by atoms with E-state index in [1.165, 1.54) is 0 Å². The van der Waals surface area contributed by atoms with Crippen LogP contribution in [0.2, 0.25) is 0 Å². The molecule has 0 heterocycles. The van der Waals surface area contributed by atoms with Crippen molar-refractivity contribution in [2.75, 3.05) is 6.54 Å². The lowest BCUT2D eigenvalue weighted by Gasteiger charge is -2.31. The Hall–Kier alpha value is -1.30. The monoisotopic (exact) mass is 270 g/mol. The first kappa shape index (κ1) is 15.8. The maximum absolute atomic E-state index is 12.3. The number of carbonyl (C=O) groups excluding carboxylic acids is 2. The van der Waals surface area contributed by atoms with Crippen LogP contribution < -0.4 is 22.1 Å². The van der Waals surface area contributed by atoms with Gasteiger partial charge >= 0.3 is 6.03 Å². The lowest BCUT2D eigenvalue weighted by molar-refractivity contribution is -0.125. The summed E-state index contributed by atoms with van der Waals surface area (Å²) in [5, 5.41) is 5.49. The second kappa shape index (κ2) is 6.75. The van der Waals surface area contributed by atoms with Crippen molar-refractivity contribution in [2.24, 2.45) is 17.4 Å². The Bertz CT molecular complexity index is 331. The zero-order valence-electron chi connectivity index (χ0n) is 11.9. The van der Waals surface area contributed by atoms with Crippen LogP contribution in [0.25, 0.3) is 0 Å². The molecule has 6 heteroatoms. The molecule has 0 saturated heterocycles. The fourth-order valence-electron chi connectivity index (χ4n) is 2.26. The molecule has 1 rings (SSSR count). The smallest absolute Gasteiger partial charge is 0.312 e. The number of amides is 3. The molecule has 0 aliphatic heterocycles. The first-order chi connectivity index (χ1) is 8.92. The maximum Gasteiger partial charge on any atom is 0.312 e. The number of urea groups is 1. The van der Waals surface area contributed by atoms with E-state index < -0.39 is 12.1 Å². The number of nitrogens with one attached hydrogen (secondary N) is 2. The molecule has 2 unspecified atom stereocenters. The third-order valence-electron chi connectivity index (χ3n) is 3.79. The fourth-order valence-corrected chi connectivity index (χ4v) is 2.26. The van der Waals surface area contributed by atoms with E-state index in [9.17, 15) is 9.59 Å². The van der Waals surface area contributed by atoms with Crippen molar-refractivity contribution in [3.8, 4) is 0 Å². The highest BCUT2D eigenvalue weighted by Crippen LogP contribution is 2.39. The summed E-state index contributed by atoms with van der Waals surface area (Å²) in [5.41, 5.74) is 10.5. The van der Waals surface area contributed by atoms with Gasteiger partial charge in [0.2, 0.25) is 5.91 Å². The summed E-state index contributed by atoms with van der Waals surface area (Å²) in [4.78, 5) is 23.2. The van der Waals surface area contributed by atoms with Crippen molar-refractivity contribution in [1.82, 2.24) is 10.6 Å². The molecule has 0 aromatic heterocycles. The molecule has 1 fully saturated rings. The standard InChI is InChI=1S/C13H26N4O2/c1-3-4-5-10(16-12(15)19)11(18)17-13(2,8-14)9-6-7-9/h9-10H,3-8,14H2,1-2H3,(H,17,18)(H3,15,16,19). The Morgan fingerprint density at radius 1 is 1.42 bits per heavy atom. The van der Waals surface area contributed by atoms with Gasteiger partial charge in [-0.05, 0) is 32.1 Å². The van der Waals surface area contributed by atoms with Crippen LogP contribution in [-0.4, -0.2) is 30.1 Å². The van der Waals surface area contributed by atoms with E-state index in [1.807, 2.05) is 13.8 Å². The summed E-state index contributed by atoms with van der Waals surface area (Å²) < 4.78 is 0. The topological polar surface area (TPSA) is 110 Å². The third kappa shape index (κ3) is 4.70. The molecule has 6 nitrogen and oxygen atoms in total. The molecular formula is C13H26N4O2. The van der Waals surface area contributed by atoms with Crippen molar-refractivity contribution in [2.45, 2.75) is 57.5 Å². The number of unbranched alkanes of at least 4 members (excludes halogenated alkanes) is 1. The Morgan fingerprint density at radius 3 is 2.47 bits per heavy atom. The lowest BCUT2D eigenvalue weighted by atomic mass is 9.95. The maximum atomic E-state index is 12.3. The molecule has 0 radical (unpaired) electrons. The van der Waals surface area contributed by atoms with Crippen LogP contribution in [0.4, 0.5) is 4.79 Å². The van der Waals surface area contributed by atoms with E-state index in [4.69, 9.17) is 11.5 Å². The average Bonchev–Trinajstić information content (AvgIpc) is 3.18. The van der Waals surface area contributed by atoms with Crippen molar-refractivity contribution in [3.63, 3.8) is 0 Å². The van der Waals surface area contributed by atoms with E-state index in [0.29, 0.717) is 18.9 Å². The van der Waals surface area contributed by atoms with E-state index in [0.717, 1.165) is 25.7 Å². The molecule has 0 aromatic carbocycles. The molecule has 1 saturated carbocycles. The molecule has 1 aliphatic rings. The molecule has 1 aliphatic carbocycles. The molecule has 0 aromatic rings. The van der Waals surface area contributed by atoms with Crippen LogP contribution in [0.15, 0.2) is 0 Å². The van der Waals surface area contributed by atoms with Crippen LogP contribution in [0.5, 0.6) is 0 Å². The average molecular weight is 270 g/mol. The molecular weight excluding hydrogens is 244 g/mol. The van der Waals surface area contributed by atoms with Crippen LogP contribution in [0, 0.1) is 5.92 Å². The SMILES string of the molecule is CCCCC(NC(N)=O)C(=O)NC(C)(CN)C1CC1. The van der Waals surface area contributed by atoms with Gasteiger partial charge in [0.15, 0.2) is 0 Å². The van der Waals surface area contributed by atoms with Crippen LogP contribution in [-0.2, 0) is 4.79 Å². The lowest BCUT2D eigenvalue weighted by Crippen LogP contribution is -2.58. The highest BCUT2D eigenvalue weighted by molar-refractivity contribution is 5.87. The summed E-state index contributed by atoms with van der Waals surface area (Å²) in [6.07, 6.45) is 4.60. The van der Waals surface area contributed by atoms with Gasteiger partial charge in [0.05, 0.1) is 5.54 Å². The van der Waals surface area contributed by atoms with Crippen molar-refractivity contribution < 1.29 is 9.59 Å². The zero-order valence-corrected chi connectivity index (χ0v) is 11.9. The van der Waals surface area contributed by atoms with Crippen LogP contribution >= 0.6 is 0 Å². The quantitative estimate of drug-likeness (QED) is 0.514. The van der Waals surface area contributed by atoms with Gasteiger partial charge in [-0.2, -0.15) is 0 Å². The molecule has 2 atom stereocenters. The summed E-state index contributed by atoms with van der Waals surface area (Å²) in [6, 6.07) is -1.24. The molecule has 3 amide bonds. The third-order valence-corrected chi connectivity index (χ3v) is 3.79. The van der Waals surface area contributed by atoms with Crippen molar-refractivity contribution >= 4 is 11.9 Å². The van der Waals surface area contributed by atoms with Gasteiger partial charge in [-0.15, -0.1) is 0 Å². The minimum atomic E-state index is -0.669. The first-order valence-electron chi connectivity index (χ1n) is 7.01. The molecule has 6 N–H and O–H groups in total. The number of hydrogen-bond donors (Lipinski definition) is 4. The Morgan fingerprint density at radius 2 is 2.05 bits per heavy atom. The minimum Gasteiger partial charge on any atom is -0.352 e. The van der Waals surface area contributed by atoms with E-state index in [-0.39, 0.29) is 11.4 Å². The predicted octanol–water partition coefficient (Wildman–Crippen LogP) is 0.457. The van der Waals surface area contributed by atoms with Gasteiger partial charge in [-0.25, -0.2) is 4.79 Å². The van der Waals surface area contributed by atoms with Crippen LogP contribution in [0.3, 0.4) is 0 Å². The van der Waals surface area contributed by atoms with E-state index in [1.54, 1.807) is 0 Å². The normalized spacial score (nSPS) is 19.3. The van der Waals surface area contributed by atoms with Gasteiger partial charge in [-0.3, -0.25) is 4.79 Å². The second-order valence-electron chi connectivity index (χ2n) is 5.59. The summed E-state index contributed by atoms with van der Waals surface area (Å²) in [6.45, 7) is 4.40. The first-order valence-corrected chi connectivity index (χ1v) is 7.01. The molecule has 19 heavy (non-hydrogen) atoms. The van der Waals surface area contributed by atoms with E-state index in [2.05, 4.69) is 10.6 Å². The zero-order chi connectivity index (χ0) is 14.5. The molecule has 0 spiro atoms. The number of nitrogens with two attached hydrogens (primary N) is 2. The predicted molar refractivity (Wildman–Crippen MR) is 74.4 cm³/mol. The summed E-state index contributed by atoms with van der Waals surface area (Å²) >= 11 is 0. The van der Waals surface area contributed by atoms with Gasteiger partial charge in [0.1, 0.15) is 6.04 Å². The van der Waals surface area contributed by atoms with Gasteiger partial charge < -0.3 is 22.1 Å². The van der Waals surface area contributed by atoms with Crippen molar-refractivity contribution in [3.05, 3.63) is 0 Å². The van der Waals surface area contributed by atoms with Gasteiger partial charge in [0, 0.05) is 6.54 Å². The summed E-state index contributed by atoms with van der Waals surface area (Å²) in [5.74, 6) is 0.258. The number of hydrogen-bond acceptors (Lipinski definition) is 3. The van der Waals surface area contributed by atoms with Crippen LogP contribution in [0.1, 0.15) is 46.0 Å². The molecule has 110 valence electrons. The Kier molecular flexibility index (Phi) is 5.60. The number of rotatable bonds is 8. The van der Waals surface area contributed by atoms with Crippen molar-refractivity contribution in [1.29, 1.82) is 0 Å². The summed E-state index contributed by atoms with van der Waals surface area (Å²) in [7, 11) is 0. The van der Waals surface area contributed by atoms with Gasteiger partial charge in [0.25, 0.3) is 0 Å². The Labute approximate surface area is 114 Å². The highest BCUT2D eigenvalue weighted by Gasteiger charge is 2.42. The van der Waals surface area contributed by atoms with Gasteiger partial charge in [-0.1, -0.05) is 19.8 Å². The fraction of sp³-hybridized carbons (Fsp3) is 0.846. The Balaban J connectivity index is 2.61.